The van der Waals surface area contributed by atoms with Gasteiger partial charge in [0.1, 0.15) is 69.0 Å². The van der Waals surface area contributed by atoms with Gasteiger partial charge in [0.2, 0.25) is 0 Å². The SMILES string of the molecule is CC(=O)Oc1ccc([C@H]2Oc3c([C@H]4c5c(OC(C)=O)cc(OC(C)=O)c([C@H]6c7c(OC(C)=O)cc(OC(C)=O)cc7O[C@H](c7ccc(OC(C)=O)cc7)[C@H]6OC(C)=O)c5O[C@H](c5ccc(OC(C)=O)cc5)[C@H]4OC(C)=O)c(OC(C)=O)cc(OC(C)=O)c3[C@H](OC(C)=O)[C@@H]2OC(C)=O)cc1. The second-order valence-electron chi connectivity index (χ2n) is 22.8. The Kier molecular flexibility index (Phi) is 21.7. The van der Waals surface area contributed by atoms with Crippen LogP contribution in [-0.2, 0) is 81.3 Å². The van der Waals surface area contributed by atoms with E-state index in [1.165, 1.54) is 85.8 Å². The normalized spacial score (nSPS) is 19.1. The van der Waals surface area contributed by atoms with E-state index < -0.39 is 195 Å². The predicted molar refractivity (Wildman–Crippen MR) is 335 cm³/mol. The first-order valence-corrected chi connectivity index (χ1v) is 30.5. The Bertz CT molecular complexity index is 4340. The molecular weight excluding hydrogens is 1320 g/mol. The first-order chi connectivity index (χ1) is 47.2. The van der Waals surface area contributed by atoms with Crippen LogP contribution in [0, 0.1) is 0 Å². The molecule has 0 amide bonds. The molecule has 0 unspecified atom stereocenters. The highest BCUT2D eigenvalue weighted by Crippen LogP contribution is 2.65. The van der Waals surface area contributed by atoms with Crippen molar-refractivity contribution < 1.29 is 138 Å². The topological polar surface area (TPSA) is 370 Å². The molecule has 0 spiro atoms. The quantitative estimate of drug-likeness (QED) is 0.0439. The molecule has 6 aromatic carbocycles. The first-order valence-electron chi connectivity index (χ1n) is 30.5. The summed E-state index contributed by atoms with van der Waals surface area (Å²) >= 11 is 0. The third-order valence-corrected chi connectivity index (χ3v) is 14.9. The van der Waals surface area contributed by atoms with E-state index in [9.17, 15) is 62.3 Å². The van der Waals surface area contributed by atoms with Crippen molar-refractivity contribution in [3.05, 3.63) is 142 Å². The highest BCUT2D eigenvalue weighted by molar-refractivity contribution is 5.82. The summed E-state index contributed by atoms with van der Waals surface area (Å²) in [6.07, 6.45) is -12.5. The van der Waals surface area contributed by atoms with Gasteiger partial charge < -0.3 is 75.8 Å². The van der Waals surface area contributed by atoms with Gasteiger partial charge in [0, 0.05) is 137 Å². The van der Waals surface area contributed by atoms with Gasteiger partial charge in [-0.1, -0.05) is 36.4 Å². The van der Waals surface area contributed by atoms with Gasteiger partial charge in [0.15, 0.2) is 42.7 Å². The third kappa shape index (κ3) is 16.4. The van der Waals surface area contributed by atoms with Crippen molar-refractivity contribution in [2.75, 3.05) is 0 Å². The molecule has 3 heterocycles. The zero-order valence-corrected chi connectivity index (χ0v) is 55.8. The summed E-state index contributed by atoms with van der Waals surface area (Å²) in [4.78, 5) is 174. The maximum absolute atomic E-state index is 14.3. The highest BCUT2D eigenvalue weighted by Gasteiger charge is 2.56. The van der Waals surface area contributed by atoms with Gasteiger partial charge in [0.05, 0.1) is 17.4 Å². The molecule has 29 heteroatoms. The molecule has 0 fully saturated rings. The number of fused-ring (bicyclic) bond motifs is 3. The lowest BCUT2D eigenvalue weighted by Gasteiger charge is -2.45. The van der Waals surface area contributed by atoms with E-state index in [2.05, 4.69) is 0 Å². The van der Waals surface area contributed by atoms with Gasteiger partial charge in [-0.2, -0.15) is 0 Å². The summed E-state index contributed by atoms with van der Waals surface area (Å²) in [5.74, 6) is -20.6. The second-order valence-corrected chi connectivity index (χ2v) is 22.8. The standard InChI is InChI=1S/C71H64O29/c1-30(72)85-46-20-14-43(15-21-46)63-69(95-40(11)82)61(56-50(89-34(5)76)26-49(88-33(4)75)27-51(56)98-63)57-52(90-35(6)77)28-53(91-36(7)78)58-62(70(96-41(12)83)64(99-66(57)58)44-16-22-47(23-17-44)86-31(2)73)59-54(92-37(8)79)29-55(93-38(9)80)60-67(59)100-65(45-18-24-48(25-19-45)87-32(3)74)71(97-42(13)84)68(60)94-39(10)81/h14-29,61-65,68-71H,1-13H3/t61-,62-,63-,64-,65-,68+,69+,70+,71-/m1/s1. The smallest absolute Gasteiger partial charge is 0.308 e. The number of ether oxygens (including phenoxy) is 16. The molecule has 0 radical (unpaired) electrons. The van der Waals surface area contributed by atoms with Gasteiger partial charge in [-0.3, -0.25) is 62.3 Å². The summed E-state index contributed by atoms with van der Waals surface area (Å²) in [5, 5.41) is 0. The van der Waals surface area contributed by atoms with Gasteiger partial charge in [-0.25, -0.2) is 0 Å². The van der Waals surface area contributed by atoms with Crippen molar-refractivity contribution in [3.63, 3.8) is 0 Å². The van der Waals surface area contributed by atoms with Crippen molar-refractivity contribution in [1.29, 1.82) is 0 Å². The van der Waals surface area contributed by atoms with Crippen LogP contribution in [0.4, 0.5) is 0 Å². The molecule has 0 saturated heterocycles. The van der Waals surface area contributed by atoms with Crippen LogP contribution in [0.2, 0.25) is 0 Å². The van der Waals surface area contributed by atoms with Crippen LogP contribution in [0.1, 0.15) is 171 Å². The van der Waals surface area contributed by atoms with Crippen LogP contribution >= 0.6 is 0 Å². The molecule has 0 bridgehead atoms. The van der Waals surface area contributed by atoms with Gasteiger partial charge >= 0.3 is 77.6 Å². The maximum Gasteiger partial charge on any atom is 0.308 e. The maximum atomic E-state index is 14.3. The van der Waals surface area contributed by atoms with Gasteiger partial charge in [-0.05, 0) is 53.1 Å². The number of hydrogen-bond donors (Lipinski definition) is 0. The molecule has 522 valence electrons. The molecule has 3 aliphatic heterocycles. The summed E-state index contributed by atoms with van der Waals surface area (Å²) in [6, 6.07) is 21.0. The van der Waals surface area contributed by atoms with E-state index in [1.807, 2.05) is 0 Å². The van der Waals surface area contributed by atoms with E-state index in [4.69, 9.17) is 75.8 Å². The Morgan fingerprint density at radius 2 is 0.530 bits per heavy atom. The first kappa shape index (κ1) is 72.1. The number of hydrogen-bond acceptors (Lipinski definition) is 29. The zero-order chi connectivity index (χ0) is 72.9. The Morgan fingerprint density at radius 3 is 0.860 bits per heavy atom. The van der Waals surface area contributed by atoms with Crippen LogP contribution in [0.5, 0.6) is 69.0 Å². The third-order valence-electron chi connectivity index (χ3n) is 14.9. The average molecular weight is 1380 g/mol. The fraction of sp³-hybridized carbons (Fsp3) is 0.310. The molecule has 9 atom stereocenters. The fourth-order valence-corrected chi connectivity index (χ4v) is 12.0. The largest absolute Gasteiger partial charge is 0.481 e. The molecule has 6 aromatic rings. The van der Waals surface area contributed by atoms with Crippen LogP contribution in [0.3, 0.4) is 0 Å². The number of rotatable bonds is 18. The predicted octanol–water partition coefficient (Wildman–Crippen LogP) is 9.08. The Hall–Kier alpha value is -12.2. The Balaban J connectivity index is 1.55. The van der Waals surface area contributed by atoms with Crippen LogP contribution < -0.4 is 56.8 Å². The van der Waals surface area contributed by atoms with E-state index >= 15 is 0 Å². The van der Waals surface area contributed by atoms with Crippen molar-refractivity contribution in [3.8, 4) is 69.0 Å². The van der Waals surface area contributed by atoms with Crippen LogP contribution in [-0.4, -0.2) is 95.9 Å². The van der Waals surface area contributed by atoms with E-state index in [1.54, 1.807) is 0 Å². The molecule has 3 aliphatic rings. The number of carbonyl (C=O) groups is 13. The Labute approximate surface area is 568 Å². The summed E-state index contributed by atoms with van der Waals surface area (Å²) in [5.41, 5.74) is -1.64. The lowest BCUT2D eigenvalue weighted by Crippen LogP contribution is -2.43. The molecule has 0 saturated carbocycles. The minimum atomic E-state index is -2.01. The van der Waals surface area contributed by atoms with Crippen molar-refractivity contribution >= 4 is 77.6 Å². The second kappa shape index (κ2) is 30.1. The van der Waals surface area contributed by atoms with Crippen molar-refractivity contribution in [2.24, 2.45) is 0 Å². The van der Waals surface area contributed by atoms with Gasteiger partial charge in [0.25, 0.3) is 0 Å². The molecule has 0 aliphatic carbocycles. The highest BCUT2D eigenvalue weighted by atomic mass is 16.6. The lowest BCUT2D eigenvalue weighted by atomic mass is 9.73. The minimum Gasteiger partial charge on any atom is -0.481 e. The summed E-state index contributed by atoms with van der Waals surface area (Å²) in [7, 11) is 0. The van der Waals surface area contributed by atoms with E-state index in [0.29, 0.717) is 0 Å². The fourth-order valence-electron chi connectivity index (χ4n) is 12.0. The molecule has 9 rings (SSSR count). The lowest BCUT2D eigenvalue weighted by molar-refractivity contribution is -0.178. The monoisotopic (exact) mass is 1380 g/mol. The molecule has 100 heavy (non-hydrogen) atoms. The summed E-state index contributed by atoms with van der Waals surface area (Å²) in [6.45, 7) is 13.6. The molecule has 0 N–H and O–H groups in total. The minimum absolute atomic E-state index is 0.0180. The number of esters is 13. The Morgan fingerprint density at radius 1 is 0.260 bits per heavy atom. The van der Waals surface area contributed by atoms with Gasteiger partial charge in [-0.15, -0.1) is 0 Å². The molecular formula is C71H64O29. The van der Waals surface area contributed by atoms with E-state index in [-0.39, 0.29) is 51.0 Å². The number of benzene rings is 6. The van der Waals surface area contributed by atoms with Crippen molar-refractivity contribution in [1.82, 2.24) is 0 Å². The van der Waals surface area contributed by atoms with E-state index in [0.717, 1.165) is 101 Å². The average Bonchev–Trinajstić information content (AvgIpc) is 0.705. The molecule has 29 nitrogen and oxygen atoms in total. The zero-order valence-electron chi connectivity index (χ0n) is 55.8. The van der Waals surface area contributed by atoms with Crippen LogP contribution in [0.15, 0.2) is 97.1 Å². The number of carbonyl (C=O) groups excluding carboxylic acids is 13. The summed E-state index contributed by atoms with van der Waals surface area (Å²) < 4.78 is 98.2. The van der Waals surface area contributed by atoms with Crippen molar-refractivity contribution in [2.45, 2.75) is 145 Å². The molecule has 0 aromatic heterocycles. The van der Waals surface area contributed by atoms with Crippen LogP contribution in [0.25, 0.3) is 0 Å².